The van der Waals surface area contributed by atoms with Crippen LogP contribution in [0.3, 0.4) is 0 Å². The number of para-hydroxylation sites is 4. The maximum Gasteiger partial charge on any atom is 0.143 e. The lowest BCUT2D eigenvalue weighted by Gasteiger charge is -2.30. The van der Waals surface area contributed by atoms with Gasteiger partial charge in [-0.2, -0.15) is 0 Å². The highest BCUT2D eigenvalue weighted by atomic mass is 16.3. The molecule has 0 aliphatic rings. The monoisotopic (exact) mass is 791 g/mol. The van der Waals surface area contributed by atoms with Gasteiger partial charge in [0, 0.05) is 33.2 Å². The molecule has 0 unspecified atom stereocenters. The molecular weight excluding hydrogens is 751 g/mol. The first-order valence-electron chi connectivity index (χ1n) is 21.2. The van der Waals surface area contributed by atoms with Gasteiger partial charge in [-0.05, 0) is 80.4 Å². The molecule has 0 aliphatic carbocycles. The second-order valence-electron chi connectivity index (χ2n) is 15.6. The number of fused-ring (bicyclic) bond motifs is 3. The van der Waals surface area contributed by atoms with E-state index in [4.69, 9.17) is 4.42 Å². The zero-order valence-electron chi connectivity index (χ0n) is 34.0. The molecule has 0 N–H and O–H groups in total. The van der Waals surface area contributed by atoms with Gasteiger partial charge in [0.05, 0.1) is 11.4 Å². The molecule has 1 heterocycles. The Hall–Kier alpha value is -8.20. The molecular formula is C60H41NO. The van der Waals surface area contributed by atoms with Crippen molar-refractivity contribution < 1.29 is 4.42 Å². The van der Waals surface area contributed by atoms with Gasteiger partial charge in [-0.15, -0.1) is 0 Å². The number of anilines is 3. The van der Waals surface area contributed by atoms with Crippen molar-refractivity contribution in [2.45, 2.75) is 0 Å². The van der Waals surface area contributed by atoms with Crippen LogP contribution in [0.25, 0.3) is 88.7 Å². The van der Waals surface area contributed by atoms with E-state index in [2.05, 4.69) is 241 Å². The summed E-state index contributed by atoms with van der Waals surface area (Å²) in [6.07, 6.45) is 0. The fourth-order valence-corrected chi connectivity index (χ4v) is 8.99. The molecule has 0 spiro atoms. The lowest BCUT2D eigenvalue weighted by atomic mass is 9.88. The highest BCUT2D eigenvalue weighted by Gasteiger charge is 2.23. The van der Waals surface area contributed by atoms with Gasteiger partial charge >= 0.3 is 0 Å². The van der Waals surface area contributed by atoms with Crippen molar-refractivity contribution in [1.29, 1.82) is 0 Å². The minimum atomic E-state index is 0.898. The Morgan fingerprint density at radius 3 is 1.34 bits per heavy atom. The van der Waals surface area contributed by atoms with Crippen LogP contribution in [0.2, 0.25) is 0 Å². The third kappa shape index (κ3) is 6.74. The quantitative estimate of drug-likeness (QED) is 0.145. The summed E-state index contributed by atoms with van der Waals surface area (Å²) in [5.41, 5.74) is 18.9. The fourth-order valence-electron chi connectivity index (χ4n) is 8.99. The number of hydrogen-bond donors (Lipinski definition) is 0. The first-order valence-corrected chi connectivity index (χ1v) is 21.2. The molecule has 292 valence electrons. The Morgan fingerprint density at radius 2 is 0.645 bits per heavy atom. The summed E-state index contributed by atoms with van der Waals surface area (Å²) < 4.78 is 6.49. The molecule has 10 aromatic carbocycles. The zero-order valence-corrected chi connectivity index (χ0v) is 34.0. The second kappa shape index (κ2) is 16.1. The summed E-state index contributed by atoms with van der Waals surface area (Å²) in [5.74, 6) is 0. The molecule has 0 amide bonds. The minimum absolute atomic E-state index is 0.898. The van der Waals surface area contributed by atoms with Crippen LogP contribution in [0.1, 0.15) is 0 Å². The molecule has 62 heavy (non-hydrogen) atoms. The van der Waals surface area contributed by atoms with E-state index < -0.39 is 0 Å². The highest BCUT2D eigenvalue weighted by Crippen LogP contribution is 2.48. The largest absolute Gasteiger partial charge is 0.455 e. The molecule has 11 aromatic rings. The van der Waals surface area contributed by atoms with Crippen LogP contribution in [-0.2, 0) is 0 Å². The standard InChI is InChI=1S/C60H41NO/c1-3-18-42(19-4-1)43-34-36-45(37-35-43)49-23-11-14-31-57(49)61(47-40-38-46(39-41-47)50-29-17-30-56-55-28-13-16-33-59(55)62-60(50)56)58-32-15-12-27-54(58)53-26-10-9-25-52(53)51-24-8-7-22-48(51)44-20-5-2-6-21-44/h1-41H. The topological polar surface area (TPSA) is 16.4 Å². The van der Waals surface area contributed by atoms with Crippen LogP contribution in [-0.4, -0.2) is 0 Å². The van der Waals surface area contributed by atoms with Crippen LogP contribution in [0, 0.1) is 0 Å². The second-order valence-corrected chi connectivity index (χ2v) is 15.6. The fraction of sp³-hybridized carbons (Fsp3) is 0. The van der Waals surface area contributed by atoms with Crippen molar-refractivity contribution in [2.24, 2.45) is 0 Å². The van der Waals surface area contributed by atoms with Gasteiger partial charge in [0.1, 0.15) is 11.2 Å². The SMILES string of the molecule is c1ccc(-c2ccc(-c3ccccc3N(c3ccc(-c4cccc5c4oc4ccccc45)cc3)c3ccccc3-c3ccccc3-c3ccccc3-c3ccccc3)cc2)cc1. The molecule has 2 nitrogen and oxygen atoms in total. The van der Waals surface area contributed by atoms with E-state index >= 15 is 0 Å². The van der Waals surface area contributed by atoms with Crippen LogP contribution in [0.15, 0.2) is 253 Å². The maximum absolute atomic E-state index is 6.49. The molecule has 0 radical (unpaired) electrons. The first kappa shape index (κ1) is 36.8. The van der Waals surface area contributed by atoms with Crippen LogP contribution in [0.5, 0.6) is 0 Å². The summed E-state index contributed by atoms with van der Waals surface area (Å²) in [4.78, 5) is 2.43. The molecule has 0 atom stereocenters. The molecule has 0 fully saturated rings. The Kier molecular flexibility index (Phi) is 9.57. The molecule has 11 rings (SSSR count). The number of hydrogen-bond acceptors (Lipinski definition) is 2. The molecule has 1 aromatic heterocycles. The summed E-state index contributed by atoms with van der Waals surface area (Å²) in [6.45, 7) is 0. The van der Waals surface area contributed by atoms with E-state index in [1.54, 1.807) is 0 Å². The third-order valence-corrected chi connectivity index (χ3v) is 12.0. The van der Waals surface area contributed by atoms with Crippen molar-refractivity contribution in [3.8, 4) is 66.8 Å². The van der Waals surface area contributed by atoms with Crippen LogP contribution >= 0.6 is 0 Å². The van der Waals surface area contributed by atoms with Crippen molar-refractivity contribution in [1.82, 2.24) is 0 Å². The van der Waals surface area contributed by atoms with Gasteiger partial charge in [0.25, 0.3) is 0 Å². The summed E-state index contributed by atoms with van der Waals surface area (Å²) in [6, 6.07) is 89.1. The molecule has 0 saturated carbocycles. The summed E-state index contributed by atoms with van der Waals surface area (Å²) >= 11 is 0. The van der Waals surface area contributed by atoms with E-state index in [0.29, 0.717) is 0 Å². The summed E-state index contributed by atoms with van der Waals surface area (Å²) in [5, 5.41) is 2.25. The molecule has 0 bridgehead atoms. The van der Waals surface area contributed by atoms with E-state index in [-0.39, 0.29) is 0 Å². The number of furan rings is 1. The molecule has 0 aliphatic heterocycles. The summed E-state index contributed by atoms with van der Waals surface area (Å²) in [7, 11) is 0. The maximum atomic E-state index is 6.49. The average Bonchev–Trinajstić information content (AvgIpc) is 3.74. The Labute approximate surface area is 362 Å². The van der Waals surface area contributed by atoms with E-state index in [0.717, 1.165) is 72.4 Å². The van der Waals surface area contributed by atoms with E-state index in [1.165, 1.54) is 33.4 Å². The van der Waals surface area contributed by atoms with Crippen molar-refractivity contribution in [3.05, 3.63) is 249 Å². The van der Waals surface area contributed by atoms with Crippen molar-refractivity contribution in [3.63, 3.8) is 0 Å². The Balaban J connectivity index is 1.09. The average molecular weight is 792 g/mol. The predicted molar refractivity (Wildman–Crippen MR) is 261 cm³/mol. The van der Waals surface area contributed by atoms with Crippen molar-refractivity contribution in [2.75, 3.05) is 4.90 Å². The van der Waals surface area contributed by atoms with Gasteiger partial charge < -0.3 is 9.32 Å². The first-order chi connectivity index (χ1) is 30.8. The number of nitrogens with zero attached hydrogens (tertiary/aromatic N) is 1. The smallest absolute Gasteiger partial charge is 0.143 e. The van der Waals surface area contributed by atoms with Gasteiger partial charge in [0.2, 0.25) is 0 Å². The Morgan fingerprint density at radius 1 is 0.242 bits per heavy atom. The van der Waals surface area contributed by atoms with Crippen LogP contribution in [0.4, 0.5) is 17.1 Å². The normalized spacial score (nSPS) is 11.2. The van der Waals surface area contributed by atoms with E-state index in [9.17, 15) is 0 Å². The van der Waals surface area contributed by atoms with Gasteiger partial charge in [-0.1, -0.05) is 218 Å². The third-order valence-electron chi connectivity index (χ3n) is 12.0. The van der Waals surface area contributed by atoms with E-state index in [1.807, 2.05) is 12.1 Å². The minimum Gasteiger partial charge on any atom is -0.455 e. The number of benzene rings is 10. The lowest BCUT2D eigenvalue weighted by molar-refractivity contribution is 0.670. The Bertz CT molecular complexity index is 3330. The molecule has 0 saturated heterocycles. The zero-order chi connectivity index (χ0) is 41.2. The highest BCUT2D eigenvalue weighted by molar-refractivity contribution is 6.09. The van der Waals surface area contributed by atoms with Crippen LogP contribution < -0.4 is 4.90 Å². The van der Waals surface area contributed by atoms with Gasteiger partial charge in [-0.3, -0.25) is 0 Å². The van der Waals surface area contributed by atoms with Gasteiger partial charge in [-0.25, -0.2) is 0 Å². The molecule has 2 heteroatoms. The predicted octanol–water partition coefficient (Wildman–Crippen LogP) is 17.1. The lowest BCUT2D eigenvalue weighted by Crippen LogP contribution is -2.12. The number of rotatable bonds is 9. The van der Waals surface area contributed by atoms with Crippen molar-refractivity contribution >= 4 is 39.0 Å². The van der Waals surface area contributed by atoms with Gasteiger partial charge in [0.15, 0.2) is 0 Å².